The van der Waals surface area contributed by atoms with Crippen molar-refractivity contribution in [3.8, 4) is 0 Å². The van der Waals surface area contributed by atoms with Gasteiger partial charge in [-0.2, -0.15) is 35.3 Å². The molecule has 0 radical (unpaired) electrons. The molecule has 9 nitrogen and oxygen atoms in total. The second-order valence-corrected chi connectivity index (χ2v) is 10.8. The van der Waals surface area contributed by atoms with E-state index in [2.05, 4.69) is 0 Å². The van der Waals surface area contributed by atoms with Gasteiger partial charge in [-0.15, -0.1) is 0 Å². The van der Waals surface area contributed by atoms with Crippen molar-refractivity contribution in [2.24, 2.45) is 22.6 Å². The van der Waals surface area contributed by atoms with Crippen LogP contribution < -0.4 is 17.2 Å². The Morgan fingerprint density at radius 3 is 1.15 bits per heavy atom. The van der Waals surface area contributed by atoms with E-state index < -0.39 is 41.4 Å². The maximum Gasteiger partial charge on any atom is 0.322 e. The molecule has 0 aromatic rings. The lowest BCUT2D eigenvalue weighted by molar-refractivity contribution is -0.164. The number of hydrogen-bond donors (Lipinski definition) is 3. The van der Waals surface area contributed by atoms with Gasteiger partial charge in [-0.3, -0.25) is 14.4 Å². The topological polar surface area (TPSA) is 157 Å². The van der Waals surface area contributed by atoms with E-state index in [-0.39, 0.29) is 19.8 Å². The molecule has 0 saturated carbocycles. The first-order valence-electron chi connectivity index (χ1n) is 10.9. The van der Waals surface area contributed by atoms with E-state index in [4.69, 9.17) is 31.4 Å². The molecule has 0 aliphatic rings. The minimum atomic E-state index is -0.932. The standard InChI is InChI=1S/C21H41N3O6S3/c1-5-21(12-28-18(25)15(22)6-9-31-2,13-29-19(26)16(23)7-10-32-3)14-30-20(27)17(24)8-11-33-4/h15-17H,5-14,22-24H2,1-4H3/t15-,16-,17-/m0/s1. The van der Waals surface area contributed by atoms with Crippen LogP contribution in [0.1, 0.15) is 32.6 Å². The molecule has 0 amide bonds. The van der Waals surface area contributed by atoms with Gasteiger partial charge in [-0.25, -0.2) is 0 Å². The molecule has 3 atom stereocenters. The highest BCUT2D eigenvalue weighted by Crippen LogP contribution is 2.25. The van der Waals surface area contributed by atoms with Crippen LogP contribution in [0.2, 0.25) is 0 Å². The summed E-state index contributed by atoms with van der Waals surface area (Å²) in [6.45, 7) is 1.49. The quantitative estimate of drug-likeness (QED) is 0.163. The summed E-state index contributed by atoms with van der Waals surface area (Å²) in [7, 11) is 0. The first kappa shape index (κ1) is 32.3. The Bertz CT molecular complexity index is 511. The molecule has 12 heteroatoms. The third-order valence-corrected chi connectivity index (χ3v) is 7.05. The van der Waals surface area contributed by atoms with Crippen molar-refractivity contribution in [2.45, 2.75) is 50.7 Å². The number of ether oxygens (including phenoxy) is 3. The number of nitrogens with two attached hydrogens (primary N) is 3. The van der Waals surface area contributed by atoms with Crippen LogP contribution in [-0.2, 0) is 28.6 Å². The molecule has 0 spiro atoms. The monoisotopic (exact) mass is 527 g/mol. The number of thioether (sulfide) groups is 3. The largest absolute Gasteiger partial charge is 0.464 e. The zero-order valence-electron chi connectivity index (χ0n) is 20.2. The number of carbonyl (C=O) groups is 3. The van der Waals surface area contributed by atoms with Gasteiger partial charge in [-0.1, -0.05) is 6.92 Å². The summed E-state index contributed by atoms with van der Waals surface area (Å²) in [5.74, 6) is 0.541. The molecule has 0 aromatic heterocycles. The highest BCUT2D eigenvalue weighted by atomic mass is 32.2. The van der Waals surface area contributed by atoms with Crippen LogP contribution in [0.15, 0.2) is 0 Å². The van der Waals surface area contributed by atoms with E-state index in [1.807, 2.05) is 25.7 Å². The van der Waals surface area contributed by atoms with Crippen molar-refractivity contribution < 1.29 is 28.6 Å². The summed E-state index contributed by atoms with van der Waals surface area (Å²) < 4.78 is 16.3. The van der Waals surface area contributed by atoms with Crippen molar-refractivity contribution in [3.63, 3.8) is 0 Å². The van der Waals surface area contributed by atoms with E-state index in [1.54, 1.807) is 35.3 Å². The van der Waals surface area contributed by atoms with Crippen LogP contribution in [-0.4, -0.2) is 91.9 Å². The minimum Gasteiger partial charge on any atom is -0.464 e. The molecular weight excluding hydrogens is 486 g/mol. The lowest BCUT2D eigenvalue weighted by Crippen LogP contribution is -2.44. The number of rotatable bonds is 19. The SMILES string of the molecule is CCC(COC(=O)[C@@H](N)CCSC)(COC(=O)[C@@H](N)CCSC)COC(=O)[C@@H](N)CCSC. The van der Waals surface area contributed by atoms with E-state index >= 15 is 0 Å². The first-order valence-corrected chi connectivity index (χ1v) is 15.1. The summed E-state index contributed by atoms with van der Waals surface area (Å²) in [5.41, 5.74) is 16.8. The van der Waals surface area contributed by atoms with Crippen molar-refractivity contribution in [1.29, 1.82) is 0 Å². The summed E-state index contributed by atoms with van der Waals surface area (Å²) >= 11 is 4.76. The average Bonchev–Trinajstić information content (AvgIpc) is 2.83. The molecule has 33 heavy (non-hydrogen) atoms. The Balaban J connectivity index is 5.21. The molecule has 0 saturated heterocycles. The fraction of sp³-hybridized carbons (Fsp3) is 0.857. The molecule has 0 aromatic carbocycles. The van der Waals surface area contributed by atoms with Crippen LogP contribution in [0.3, 0.4) is 0 Å². The molecule has 0 aliphatic carbocycles. The van der Waals surface area contributed by atoms with E-state index in [9.17, 15) is 14.4 Å². The van der Waals surface area contributed by atoms with Crippen molar-refractivity contribution >= 4 is 53.2 Å². The van der Waals surface area contributed by atoms with Crippen LogP contribution in [0.5, 0.6) is 0 Å². The predicted octanol–water partition coefficient (Wildman–Crippen LogP) is 1.25. The van der Waals surface area contributed by atoms with E-state index in [0.29, 0.717) is 25.7 Å². The van der Waals surface area contributed by atoms with Crippen molar-refractivity contribution in [1.82, 2.24) is 0 Å². The molecule has 0 fully saturated rings. The highest BCUT2D eigenvalue weighted by Gasteiger charge is 2.36. The van der Waals surface area contributed by atoms with Gasteiger partial charge in [0, 0.05) is 0 Å². The highest BCUT2D eigenvalue weighted by molar-refractivity contribution is 7.98. The smallest absolute Gasteiger partial charge is 0.322 e. The van der Waals surface area contributed by atoms with Gasteiger partial charge in [-0.05, 0) is 61.7 Å². The summed E-state index contributed by atoms with van der Waals surface area (Å²) in [5, 5.41) is 0. The van der Waals surface area contributed by atoms with Crippen LogP contribution in [0, 0.1) is 5.41 Å². The van der Waals surface area contributed by atoms with Crippen LogP contribution in [0.25, 0.3) is 0 Å². The Hall–Kier alpha value is -0.660. The molecule has 0 rings (SSSR count). The third-order valence-electron chi connectivity index (χ3n) is 5.12. The Morgan fingerprint density at radius 1 is 0.667 bits per heavy atom. The maximum absolute atomic E-state index is 12.3. The van der Waals surface area contributed by atoms with Crippen LogP contribution in [0.4, 0.5) is 0 Å². The second-order valence-electron chi connectivity index (χ2n) is 7.84. The van der Waals surface area contributed by atoms with E-state index in [1.165, 1.54) is 0 Å². The van der Waals surface area contributed by atoms with Crippen molar-refractivity contribution in [3.05, 3.63) is 0 Å². The van der Waals surface area contributed by atoms with Gasteiger partial charge in [0.25, 0.3) is 0 Å². The van der Waals surface area contributed by atoms with Gasteiger partial charge in [0.05, 0.1) is 5.41 Å². The summed E-state index contributed by atoms with van der Waals surface area (Å²) in [6, 6.07) is -2.26. The van der Waals surface area contributed by atoms with Crippen molar-refractivity contribution in [2.75, 3.05) is 55.8 Å². The number of hydrogen-bond acceptors (Lipinski definition) is 12. The molecule has 6 N–H and O–H groups in total. The molecule has 0 heterocycles. The summed E-state index contributed by atoms with van der Waals surface area (Å²) in [4.78, 5) is 37.0. The molecule has 0 aliphatic heterocycles. The zero-order valence-corrected chi connectivity index (χ0v) is 22.7. The third kappa shape index (κ3) is 13.7. The van der Waals surface area contributed by atoms with Gasteiger partial charge in [0.1, 0.15) is 37.9 Å². The Kier molecular flexibility index (Phi) is 18.3. The molecule has 0 unspecified atom stereocenters. The minimum absolute atomic E-state index is 0.115. The fourth-order valence-electron chi connectivity index (χ4n) is 2.51. The Morgan fingerprint density at radius 2 is 0.939 bits per heavy atom. The average molecular weight is 528 g/mol. The lowest BCUT2D eigenvalue weighted by Gasteiger charge is -2.32. The number of esters is 3. The van der Waals surface area contributed by atoms with Gasteiger partial charge < -0.3 is 31.4 Å². The second kappa shape index (κ2) is 18.6. The van der Waals surface area contributed by atoms with Gasteiger partial charge >= 0.3 is 17.9 Å². The first-order chi connectivity index (χ1) is 15.7. The molecule has 0 bridgehead atoms. The molecular formula is C21H41N3O6S3. The maximum atomic E-state index is 12.3. The summed E-state index contributed by atoms with van der Waals surface area (Å²) in [6.07, 6.45) is 7.65. The number of carbonyl (C=O) groups excluding carboxylic acids is 3. The predicted molar refractivity (Wildman–Crippen MR) is 139 cm³/mol. The molecule has 194 valence electrons. The fourth-order valence-corrected chi connectivity index (χ4v) is 3.98. The normalized spacial score (nSPS) is 14.3. The Labute approximate surface area is 210 Å². The van der Waals surface area contributed by atoms with E-state index in [0.717, 1.165) is 17.3 Å². The zero-order chi connectivity index (χ0) is 25.3. The van der Waals surface area contributed by atoms with Crippen LogP contribution >= 0.6 is 35.3 Å². The van der Waals surface area contributed by atoms with Gasteiger partial charge in [0.15, 0.2) is 0 Å². The van der Waals surface area contributed by atoms with Gasteiger partial charge in [0.2, 0.25) is 0 Å². The lowest BCUT2D eigenvalue weighted by atomic mass is 9.88.